The van der Waals surface area contributed by atoms with Crippen molar-refractivity contribution in [2.45, 2.75) is 148 Å². The van der Waals surface area contributed by atoms with Gasteiger partial charge in [0.2, 0.25) is 0 Å². The third-order valence-electron chi connectivity index (χ3n) is 5.76. The van der Waals surface area contributed by atoms with Gasteiger partial charge in [-0.15, -0.1) is 0 Å². The monoisotopic (exact) mass is 339 g/mol. The van der Waals surface area contributed by atoms with E-state index in [1.165, 1.54) is 116 Å². The summed E-state index contributed by atoms with van der Waals surface area (Å²) < 4.78 is 0. The summed E-state index contributed by atoms with van der Waals surface area (Å²) in [6.07, 6.45) is 26.1. The molecule has 0 bridgehead atoms. The van der Waals surface area contributed by atoms with Gasteiger partial charge in [0, 0.05) is 5.54 Å². The van der Waals surface area contributed by atoms with E-state index < -0.39 is 0 Å². The first-order valence-corrected chi connectivity index (χ1v) is 11.5. The first kappa shape index (κ1) is 24.0. The van der Waals surface area contributed by atoms with E-state index >= 15 is 0 Å². The van der Waals surface area contributed by atoms with E-state index in [0.29, 0.717) is 0 Å². The smallest absolute Gasteiger partial charge is 0.0151 e. The summed E-state index contributed by atoms with van der Waals surface area (Å²) in [6.45, 7) is 6.87. The Hall–Kier alpha value is -0.0400. The Labute approximate surface area is 154 Å². The third-order valence-corrected chi connectivity index (χ3v) is 5.76. The zero-order valence-electron chi connectivity index (χ0n) is 17.5. The zero-order valence-corrected chi connectivity index (χ0v) is 17.5. The minimum Gasteiger partial charge on any atom is -0.325 e. The van der Waals surface area contributed by atoms with Crippen molar-refractivity contribution in [2.75, 3.05) is 0 Å². The Morgan fingerprint density at radius 2 is 0.750 bits per heavy atom. The van der Waals surface area contributed by atoms with Crippen LogP contribution in [0.1, 0.15) is 143 Å². The topological polar surface area (TPSA) is 26.0 Å². The van der Waals surface area contributed by atoms with Crippen molar-refractivity contribution in [1.82, 2.24) is 0 Å². The summed E-state index contributed by atoms with van der Waals surface area (Å²) in [6, 6.07) is 0. The molecule has 0 aliphatic rings. The van der Waals surface area contributed by atoms with Crippen LogP contribution in [-0.4, -0.2) is 5.54 Å². The number of rotatable bonds is 19. The molecular weight excluding hydrogens is 290 g/mol. The number of nitrogens with two attached hydrogens (primary N) is 1. The van der Waals surface area contributed by atoms with Crippen molar-refractivity contribution in [2.24, 2.45) is 5.73 Å². The van der Waals surface area contributed by atoms with Crippen LogP contribution in [0.25, 0.3) is 0 Å². The van der Waals surface area contributed by atoms with Gasteiger partial charge in [-0.1, -0.05) is 124 Å². The molecule has 0 radical (unpaired) electrons. The summed E-state index contributed by atoms with van der Waals surface area (Å²) in [5.41, 5.74) is 6.79. The molecule has 1 heteroatoms. The lowest BCUT2D eigenvalue weighted by Gasteiger charge is -2.28. The van der Waals surface area contributed by atoms with Crippen LogP contribution in [-0.2, 0) is 0 Å². The Bertz CT molecular complexity index is 216. The fourth-order valence-electron chi connectivity index (χ4n) is 3.70. The molecule has 0 spiro atoms. The average Bonchev–Trinajstić information content (AvgIpc) is 2.59. The van der Waals surface area contributed by atoms with Gasteiger partial charge < -0.3 is 5.73 Å². The summed E-state index contributed by atoms with van der Waals surface area (Å²) in [7, 11) is 0. The predicted molar refractivity (Wildman–Crippen MR) is 112 cm³/mol. The first-order chi connectivity index (χ1) is 11.7. The molecule has 0 aliphatic carbocycles. The van der Waals surface area contributed by atoms with Crippen LogP contribution in [0.15, 0.2) is 0 Å². The molecule has 0 rings (SSSR count). The minimum absolute atomic E-state index is 0.129. The van der Waals surface area contributed by atoms with Crippen molar-refractivity contribution >= 4 is 0 Å². The van der Waals surface area contributed by atoms with Crippen molar-refractivity contribution in [1.29, 1.82) is 0 Å². The summed E-state index contributed by atoms with van der Waals surface area (Å²) >= 11 is 0. The normalized spacial score (nSPS) is 12.0. The van der Waals surface area contributed by atoms with Crippen molar-refractivity contribution in [3.63, 3.8) is 0 Å². The molecule has 0 aliphatic heterocycles. The molecule has 0 amide bonds. The maximum Gasteiger partial charge on any atom is 0.0151 e. The van der Waals surface area contributed by atoms with Gasteiger partial charge in [-0.05, 0) is 19.3 Å². The fourth-order valence-corrected chi connectivity index (χ4v) is 3.70. The van der Waals surface area contributed by atoms with E-state index in [0.717, 1.165) is 6.42 Å². The molecule has 0 heterocycles. The van der Waals surface area contributed by atoms with Gasteiger partial charge in [0.1, 0.15) is 0 Å². The van der Waals surface area contributed by atoms with Crippen LogP contribution in [0.3, 0.4) is 0 Å². The molecule has 0 saturated carbocycles. The first-order valence-electron chi connectivity index (χ1n) is 11.5. The van der Waals surface area contributed by atoms with Crippen LogP contribution >= 0.6 is 0 Å². The van der Waals surface area contributed by atoms with Crippen molar-refractivity contribution in [3.8, 4) is 0 Å². The Balaban J connectivity index is 3.51. The highest BCUT2D eigenvalue weighted by Gasteiger charge is 2.21. The van der Waals surface area contributed by atoms with Crippen LogP contribution in [0.5, 0.6) is 0 Å². The van der Waals surface area contributed by atoms with Crippen LogP contribution in [0.4, 0.5) is 0 Å². The highest BCUT2D eigenvalue weighted by atomic mass is 14.7. The molecule has 0 unspecified atom stereocenters. The summed E-state index contributed by atoms with van der Waals surface area (Å²) in [5.74, 6) is 0. The van der Waals surface area contributed by atoms with Crippen LogP contribution in [0, 0.1) is 0 Å². The molecule has 0 saturated heterocycles. The molecule has 0 fully saturated rings. The molecule has 24 heavy (non-hydrogen) atoms. The minimum atomic E-state index is 0.129. The van der Waals surface area contributed by atoms with Gasteiger partial charge in [-0.25, -0.2) is 0 Å². The fraction of sp³-hybridized carbons (Fsp3) is 1.00. The molecule has 0 aromatic heterocycles. The van der Waals surface area contributed by atoms with Gasteiger partial charge >= 0.3 is 0 Å². The SMILES string of the molecule is CCCCCCCCCCC(N)(CC)CCCCCCCCCC. The van der Waals surface area contributed by atoms with Gasteiger partial charge in [-0.3, -0.25) is 0 Å². The second-order valence-electron chi connectivity index (χ2n) is 8.17. The lowest BCUT2D eigenvalue weighted by molar-refractivity contribution is 0.324. The maximum atomic E-state index is 6.66. The number of hydrogen-bond donors (Lipinski definition) is 1. The van der Waals surface area contributed by atoms with E-state index in [1.54, 1.807) is 0 Å². The average molecular weight is 340 g/mol. The highest BCUT2D eigenvalue weighted by molar-refractivity contribution is 4.82. The van der Waals surface area contributed by atoms with Crippen molar-refractivity contribution in [3.05, 3.63) is 0 Å². The number of hydrogen-bond acceptors (Lipinski definition) is 1. The van der Waals surface area contributed by atoms with E-state index in [9.17, 15) is 0 Å². The third kappa shape index (κ3) is 15.5. The standard InChI is InChI=1S/C23H49N/c1-4-7-9-11-13-15-17-19-21-23(24,6-3)22-20-18-16-14-12-10-8-5-2/h4-22,24H2,1-3H3. The predicted octanol–water partition coefficient (Wildman–Crippen LogP) is 8.16. The second-order valence-corrected chi connectivity index (χ2v) is 8.17. The maximum absolute atomic E-state index is 6.66. The van der Waals surface area contributed by atoms with Gasteiger partial charge in [0.25, 0.3) is 0 Å². The van der Waals surface area contributed by atoms with E-state index in [4.69, 9.17) is 5.73 Å². The molecule has 1 nitrogen and oxygen atoms in total. The van der Waals surface area contributed by atoms with Gasteiger partial charge in [0.15, 0.2) is 0 Å². The van der Waals surface area contributed by atoms with E-state index in [-0.39, 0.29) is 5.54 Å². The van der Waals surface area contributed by atoms with Crippen LogP contribution in [0.2, 0.25) is 0 Å². The molecule has 0 aromatic carbocycles. The summed E-state index contributed by atoms with van der Waals surface area (Å²) in [5, 5.41) is 0. The van der Waals surface area contributed by atoms with E-state index in [1.807, 2.05) is 0 Å². The highest BCUT2D eigenvalue weighted by Crippen LogP contribution is 2.24. The molecule has 146 valence electrons. The summed E-state index contributed by atoms with van der Waals surface area (Å²) in [4.78, 5) is 0. The Kier molecular flexibility index (Phi) is 17.7. The van der Waals surface area contributed by atoms with E-state index in [2.05, 4.69) is 20.8 Å². The Morgan fingerprint density at radius 1 is 0.458 bits per heavy atom. The molecule has 2 N–H and O–H groups in total. The van der Waals surface area contributed by atoms with Gasteiger partial charge in [0.05, 0.1) is 0 Å². The quantitative estimate of drug-likeness (QED) is 0.236. The lowest BCUT2D eigenvalue weighted by atomic mass is 9.85. The molecule has 0 aromatic rings. The largest absolute Gasteiger partial charge is 0.325 e. The Morgan fingerprint density at radius 3 is 1.04 bits per heavy atom. The zero-order chi connectivity index (χ0) is 17.9. The second kappa shape index (κ2) is 17.8. The molecule has 0 atom stereocenters. The van der Waals surface area contributed by atoms with Gasteiger partial charge in [-0.2, -0.15) is 0 Å². The van der Waals surface area contributed by atoms with Crippen molar-refractivity contribution < 1.29 is 0 Å². The lowest BCUT2D eigenvalue weighted by Crippen LogP contribution is -2.38. The molecular formula is C23H49N. The number of unbranched alkanes of at least 4 members (excludes halogenated alkanes) is 14. The van der Waals surface area contributed by atoms with Crippen LogP contribution < -0.4 is 5.73 Å².